The van der Waals surface area contributed by atoms with Gasteiger partial charge >= 0.3 is 0 Å². The van der Waals surface area contributed by atoms with Crippen molar-refractivity contribution in [1.82, 2.24) is 0 Å². The van der Waals surface area contributed by atoms with E-state index in [0.717, 1.165) is 14.5 Å². The standard InChI is InChI=1S/C13H6Br4ClF/c14-6-1-2-9(15)7(3-6)13(17)8-4-11(18)10(16)5-12(8)19/h1-5,13H. The molecule has 0 heterocycles. The molecule has 2 aromatic rings. The van der Waals surface area contributed by atoms with Gasteiger partial charge in [-0.2, -0.15) is 0 Å². The molecule has 19 heavy (non-hydrogen) atoms. The molecule has 6 heteroatoms. The van der Waals surface area contributed by atoms with E-state index in [-0.39, 0.29) is 10.6 Å². The van der Waals surface area contributed by atoms with Crippen molar-refractivity contribution < 1.29 is 4.39 Å². The first kappa shape index (κ1) is 16.0. The maximum absolute atomic E-state index is 14.1. The third-order valence-electron chi connectivity index (χ3n) is 2.54. The minimum Gasteiger partial charge on any atom is -0.207 e. The summed E-state index contributed by atoms with van der Waals surface area (Å²) in [6, 6.07) is 8.74. The topological polar surface area (TPSA) is 0 Å². The highest BCUT2D eigenvalue weighted by Gasteiger charge is 2.19. The van der Waals surface area contributed by atoms with Crippen LogP contribution in [0.3, 0.4) is 0 Å². The van der Waals surface area contributed by atoms with Gasteiger partial charge in [-0.05, 0) is 51.8 Å². The van der Waals surface area contributed by atoms with Gasteiger partial charge in [0.1, 0.15) is 5.82 Å². The Balaban J connectivity index is 2.52. The van der Waals surface area contributed by atoms with Crippen molar-refractivity contribution in [3.8, 4) is 0 Å². The van der Waals surface area contributed by atoms with E-state index in [9.17, 15) is 4.39 Å². The molecule has 1 unspecified atom stereocenters. The molecular weight excluding hydrogens is 530 g/mol. The SMILES string of the molecule is Fc1cc(Br)c(Cl)cc1C(Br)c1cc(Br)ccc1Br. The smallest absolute Gasteiger partial charge is 0.129 e. The molecule has 0 aliphatic carbocycles. The first-order valence-corrected chi connectivity index (χ1v) is 8.81. The van der Waals surface area contributed by atoms with Gasteiger partial charge in [-0.15, -0.1) is 0 Å². The molecule has 0 aliphatic rings. The van der Waals surface area contributed by atoms with E-state index in [4.69, 9.17) is 11.6 Å². The van der Waals surface area contributed by atoms with Crippen molar-refractivity contribution in [1.29, 1.82) is 0 Å². The van der Waals surface area contributed by atoms with Gasteiger partial charge in [0.2, 0.25) is 0 Å². The number of rotatable bonds is 2. The summed E-state index contributed by atoms with van der Waals surface area (Å²) in [4.78, 5) is -0.287. The molecule has 2 aromatic carbocycles. The number of hydrogen-bond donors (Lipinski definition) is 0. The average molecular weight is 536 g/mol. The highest BCUT2D eigenvalue weighted by atomic mass is 79.9. The molecule has 0 radical (unpaired) electrons. The molecule has 0 aliphatic heterocycles. The van der Waals surface area contributed by atoms with Crippen LogP contribution in [0.1, 0.15) is 16.0 Å². The zero-order valence-electron chi connectivity index (χ0n) is 9.23. The van der Waals surface area contributed by atoms with Crippen LogP contribution >= 0.6 is 75.3 Å². The van der Waals surface area contributed by atoms with Crippen molar-refractivity contribution >= 4 is 75.3 Å². The summed E-state index contributed by atoms with van der Waals surface area (Å²) in [5.41, 5.74) is 1.42. The molecule has 100 valence electrons. The zero-order valence-corrected chi connectivity index (χ0v) is 16.3. The first-order chi connectivity index (χ1) is 8.90. The lowest BCUT2D eigenvalue weighted by Crippen LogP contribution is -1.98. The van der Waals surface area contributed by atoms with Crippen LogP contribution in [0.4, 0.5) is 4.39 Å². The van der Waals surface area contributed by atoms with E-state index in [0.29, 0.717) is 15.1 Å². The van der Waals surface area contributed by atoms with Crippen LogP contribution in [-0.4, -0.2) is 0 Å². The van der Waals surface area contributed by atoms with Gasteiger partial charge in [0.05, 0.1) is 9.85 Å². The maximum atomic E-state index is 14.1. The number of halogens is 6. The lowest BCUT2D eigenvalue weighted by molar-refractivity contribution is 0.612. The molecule has 0 aromatic heterocycles. The van der Waals surface area contributed by atoms with E-state index in [1.807, 2.05) is 18.2 Å². The molecule has 0 fully saturated rings. The quantitative estimate of drug-likeness (QED) is 0.280. The normalized spacial score (nSPS) is 12.5. The van der Waals surface area contributed by atoms with Gasteiger partial charge in [0, 0.05) is 19.0 Å². The minimum absolute atomic E-state index is 0.287. The van der Waals surface area contributed by atoms with Crippen LogP contribution in [0.5, 0.6) is 0 Å². The largest absolute Gasteiger partial charge is 0.207 e. The zero-order chi connectivity index (χ0) is 14.2. The Morgan fingerprint density at radius 3 is 2.32 bits per heavy atom. The van der Waals surface area contributed by atoms with Crippen molar-refractivity contribution in [3.05, 3.63) is 65.7 Å². The van der Waals surface area contributed by atoms with Gasteiger partial charge in [-0.25, -0.2) is 4.39 Å². The number of hydrogen-bond acceptors (Lipinski definition) is 0. The Bertz CT molecular complexity index is 630. The third-order valence-corrected chi connectivity index (χ3v) is 5.94. The summed E-state index contributed by atoms with van der Waals surface area (Å²) in [6.45, 7) is 0. The van der Waals surface area contributed by atoms with Crippen LogP contribution < -0.4 is 0 Å². The predicted octanol–water partition coefficient (Wildman–Crippen LogP) is 7.25. The Morgan fingerprint density at radius 2 is 1.63 bits per heavy atom. The van der Waals surface area contributed by atoms with Gasteiger partial charge < -0.3 is 0 Å². The van der Waals surface area contributed by atoms with E-state index in [1.54, 1.807) is 6.07 Å². The number of alkyl halides is 1. The molecule has 2 rings (SSSR count). The summed E-state index contributed by atoms with van der Waals surface area (Å²) >= 11 is 19.6. The second-order valence-corrected chi connectivity index (χ2v) is 7.76. The first-order valence-electron chi connectivity index (χ1n) is 5.13. The van der Waals surface area contributed by atoms with Crippen molar-refractivity contribution in [2.24, 2.45) is 0 Å². The minimum atomic E-state index is -0.315. The van der Waals surface area contributed by atoms with Gasteiger partial charge in [0.15, 0.2) is 0 Å². The van der Waals surface area contributed by atoms with Crippen molar-refractivity contribution in [2.45, 2.75) is 4.83 Å². The summed E-state index contributed by atoms with van der Waals surface area (Å²) < 4.78 is 16.4. The van der Waals surface area contributed by atoms with Gasteiger partial charge in [0.25, 0.3) is 0 Å². The van der Waals surface area contributed by atoms with Gasteiger partial charge in [-0.1, -0.05) is 59.4 Å². The summed E-state index contributed by atoms with van der Waals surface area (Å²) in [7, 11) is 0. The second kappa shape index (κ2) is 6.56. The molecular formula is C13H6Br4ClF. The second-order valence-electron chi connectivity index (χ2n) is 3.82. The Morgan fingerprint density at radius 1 is 0.947 bits per heavy atom. The maximum Gasteiger partial charge on any atom is 0.129 e. The fourth-order valence-electron chi connectivity index (χ4n) is 1.61. The van der Waals surface area contributed by atoms with E-state index < -0.39 is 0 Å². The van der Waals surface area contributed by atoms with Crippen molar-refractivity contribution in [3.63, 3.8) is 0 Å². The van der Waals surface area contributed by atoms with Crippen molar-refractivity contribution in [2.75, 3.05) is 0 Å². The van der Waals surface area contributed by atoms with Crippen LogP contribution in [0.15, 0.2) is 43.7 Å². The highest BCUT2D eigenvalue weighted by molar-refractivity contribution is 9.11. The molecule has 0 bridgehead atoms. The van der Waals surface area contributed by atoms with E-state index in [1.165, 1.54) is 6.07 Å². The fourth-order valence-corrected chi connectivity index (χ4v) is 3.99. The Kier molecular flexibility index (Phi) is 5.51. The third kappa shape index (κ3) is 3.62. The Hall–Kier alpha value is 0.580. The fraction of sp³-hybridized carbons (Fsp3) is 0.0769. The lowest BCUT2D eigenvalue weighted by atomic mass is 10.0. The molecule has 0 spiro atoms. The molecule has 0 saturated heterocycles. The monoisotopic (exact) mass is 532 g/mol. The summed E-state index contributed by atoms with van der Waals surface area (Å²) in [5.74, 6) is -0.315. The van der Waals surface area contributed by atoms with Crippen LogP contribution in [0, 0.1) is 5.82 Å². The Labute approximate surface area is 149 Å². The van der Waals surface area contributed by atoms with E-state index in [2.05, 4.69) is 63.7 Å². The van der Waals surface area contributed by atoms with E-state index >= 15 is 0 Å². The summed E-state index contributed by atoms with van der Waals surface area (Å²) in [5, 5.41) is 0.479. The molecule has 0 N–H and O–H groups in total. The van der Waals surface area contributed by atoms with Gasteiger partial charge in [-0.3, -0.25) is 0 Å². The molecule has 0 saturated carbocycles. The van der Waals surface area contributed by atoms with Crippen LogP contribution in [0.25, 0.3) is 0 Å². The van der Waals surface area contributed by atoms with Crippen LogP contribution in [0.2, 0.25) is 5.02 Å². The summed E-state index contributed by atoms with van der Waals surface area (Å²) in [6.07, 6.45) is 0. The highest BCUT2D eigenvalue weighted by Crippen LogP contribution is 2.40. The molecule has 0 nitrogen and oxygen atoms in total. The predicted molar refractivity (Wildman–Crippen MR) is 91.7 cm³/mol. The molecule has 1 atom stereocenters. The average Bonchev–Trinajstić information content (AvgIpc) is 2.36. The lowest BCUT2D eigenvalue weighted by Gasteiger charge is -2.15. The van der Waals surface area contributed by atoms with Crippen LogP contribution in [-0.2, 0) is 0 Å². The number of benzene rings is 2. The molecule has 0 amide bonds.